The van der Waals surface area contributed by atoms with Crippen LogP contribution in [0.2, 0.25) is 0 Å². The number of carbonyl (C=O) groups excluding carboxylic acids is 1. The number of hydrogen-bond acceptors (Lipinski definition) is 5. The Morgan fingerprint density at radius 3 is 2.52 bits per heavy atom. The first-order chi connectivity index (χ1) is 12.8. The smallest absolute Gasteiger partial charge is 0.371 e. The van der Waals surface area contributed by atoms with E-state index in [-0.39, 0.29) is 12.5 Å². The first-order valence-electron chi connectivity index (χ1n) is 9.40. The van der Waals surface area contributed by atoms with Gasteiger partial charge in [-0.05, 0) is 43.7 Å². The van der Waals surface area contributed by atoms with Crippen molar-refractivity contribution >= 4 is 21.9 Å². The van der Waals surface area contributed by atoms with E-state index in [9.17, 15) is 18.0 Å². The van der Waals surface area contributed by atoms with Gasteiger partial charge >= 0.3 is 5.97 Å². The van der Waals surface area contributed by atoms with E-state index in [1.54, 1.807) is 11.9 Å². The lowest BCUT2D eigenvalue weighted by molar-refractivity contribution is -0.134. The first kappa shape index (κ1) is 19.9. The third-order valence-corrected chi connectivity index (χ3v) is 7.26. The van der Waals surface area contributed by atoms with Crippen molar-refractivity contribution in [1.82, 2.24) is 9.21 Å². The van der Waals surface area contributed by atoms with Gasteiger partial charge in [0.15, 0.2) is 0 Å². The molecular formula is C18H26N2O6S. The van der Waals surface area contributed by atoms with Crippen LogP contribution >= 0.6 is 0 Å². The number of rotatable bonds is 6. The molecule has 1 aliphatic carbocycles. The summed E-state index contributed by atoms with van der Waals surface area (Å²) in [6.45, 7) is 0.867. The molecule has 8 nitrogen and oxygen atoms in total. The van der Waals surface area contributed by atoms with Crippen molar-refractivity contribution in [3.63, 3.8) is 0 Å². The lowest BCUT2D eigenvalue weighted by Crippen LogP contribution is -2.47. The normalized spacial score (nSPS) is 22.0. The standard InChI is InChI=1S/C18H26N2O6S/c1-19(12-13-6-3-2-4-7-13)17(21)14-8-5-11-20(14)27(24,25)16-10-9-15(26-16)18(22)23/h9-10,13-14H,2-8,11-12H2,1H3,(H,22,23). The Morgan fingerprint density at radius 1 is 1.19 bits per heavy atom. The molecule has 3 rings (SSSR count). The second-order valence-corrected chi connectivity index (χ2v) is 9.24. The largest absolute Gasteiger partial charge is 0.475 e. The molecule has 1 saturated carbocycles. The lowest BCUT2D eigenvalue weighted by Gasteiger charge is -2.30. The molecule has 9 heteroatoms. The van der Waals surface area contributed by atoms with Gasteiger partial charge in [0.1, 0.15) is 6.04 Å². The van der Waals surface area contributed by atoms with Crippen LogP contribution in [-0.2, 0) is 14.8 Å². The van der Waals surface area contributed by atoms with Gasteiger partial charge in [0.25, 0.3) is 10.0 Å². The number of furan rings is 1. The summed E-state index contributed by atoms with van der Waals surface area (Å²) in [4.78, 5) is 25.5. The number of amides is 1. The molecule has 1 amide bonds. The van der Waals surface area contributed by atoms with Crippen molar-refractivity contribution in [2.24, 2.45) is 5.92 Å². The maximum atomic E-state index is 12.9. The van der Waals surface area contributed by atoms with Crippen molar-refractivity contribution in [2.45, 2.75) is 56.1 Å². The number of nitrogens with zero attached hydrogens (tertiary/aromatic N) is 2. The average molecular weight is 398 g/mol. The topological polar surface area (TPSA) is 108 Å². The molecule has 1 aromatic heterocycles. The van der Waals surface area contributed by atoms with Crippen LogP contribution in [-0.4, -0.2) is 60.8 Å². The zero-order valence-corrected chi connectivity index (χ0v) is 16.3. The monoisotopic (exact) mass is 398 g/mol. The van der Waals surface area contributed by atoms with E-state index in [0.717, 1.165) is 29.3 Å². The third-order valence-electron chi connectivity index (χ3n) is 5.48. The number of aromatic carboxylic acids is 1. The van der Waals surface area contributed by atoms with E-state index in [1.807, 2.05) is 0 Å². The summed E-state index contributed by atoms with van der Waals surface area (Å²) in [5.41, 5.74) is 0. The van der Waals surface area contributed by atoms with Gasteiger partial charge in [-0.2, -0.15) is 4.31 Å². The van der Waals surface area contributed by atoms with E-state index in [0.29, 0.717) is 25.3 Å². The van der Waals surface area contributed by atoms with E-state index in [4.69, 9.17) is 9.52 Å². The molecular weight excluding hydrogens is 372 g/mol. The van der Waals surface area contributed by atoms with Crippen LogP contribution < -0.4 is 0 Å². The Morgan fingerprint density at radius 2 is 1.89 bits per heavy atom. The fourth-order valence-electron chi connectivity index (χ4n) is 4.07. The van der Waals surface area contributed by atoms with E-state index < -0.39 is 32.9 Å². The van der Waals surface area contributed by atoms with E-state index in [1.165, 1.54) is 19.3 Å². The molecule has 1 unspecified atom stereocenters. The van der Waals surface area contributed by atoms with Gasteiger partial charge in [-0.15, -0.1) is 0 Å². The second kappa shape index (κ2) is 8.02. The quantitative estimate of drug-likeness (QED) is 0.787. The molecule has 0 aromatic carbocycles. The number of carboxylic acid groups (broad SMARTS) is 1. The molecule has 1 aromatic rings. The van der Waals surface area contributed by atoms with Crippen LogP contribution in [0.5, 0.6) is 0 Å². The summed E-state index contributed by atoms with van der Waals surface area (Å²) in [7, 11) is -2.32. The molecule has 1 atom stereocenters. The highest BCUT2D eigenvalue weighted by Crippen LogP contribution is 2.29. The highest BCUT2D eigenvalue weighted by atomic mass is 32.2. The average Bonchev–Trinajstić information content (AvgIpc) is 3.32. The number of likely N-dealkylation sites (N-methyl/N-ethyl adjacent to an activating group) is 1. The predicted molar refractivity (Wildman–Crippen MR) is 96.8 cm³/mol. The highest BCUT2D eigenvalue weighted by molar-refractivity contribution is 7.89. The van der Waals surface area contributed by atoms with Crippen LogP contribution in [0.25, 0.3) is 0 Å². The highest BCUT2D eigenvalue weighted by Gasteiger charge is 2.42. The van der Waals surface area contributed by atoms with Crippen LogP contribution in [0.3, 0.4) is 0 Å². The maximum Gasteiger partial charge on any atom is 0.371 e. The zero-order chi connectivity index (χ0) is 19.6. The van der Waals surface area contributed by atoms with Crippen molar-refractivity contribution in [2.75, 3.05) is 20.1 Å². The van der Waals surface area contributed by atoms with Gasteiger partial charge in [0, 0.05) is 20.1 Å². The minimum atomic E-state index is -4.06. The van der Waals surface area contributed by atoms with Gasteiger partial charge in [-0.3, -0.25) is 4.79 Å². The fourth-order valence-corrected chi connectivity index (χ4v) is 5.63. The van der Waals surface area contributed by atoms with Crippen LogP contribution in [0.4, 0.5) is 0 Å². The number of carboxylic acids is 1. The summed E-state index contributed by atoms with van der Waals surface area (Å²) in [6, 6.07) is 1.48. The number of hydrogen-bond donors (Lipinski definition) is 1. The molecule has 1 saturated heterocycles. The second-order valence-electron chi connectivity index (χ2n) is 7.42. The molecule has 2 fully saturated rings. The van der Waals surface area contributed by atoms with Gasteiger partial charge < -0.3 is 14.4 Å². The minimum Gasteiger partial charge on any atom is -0.475 e. The van der Waals surface area contributed by atoms with Crippen LogP contribution in [0, 0.1) is 5.92 Å². The van der Waals surface area contributed by atoms with Crippen LogP contribution in [0.1, 0.15) is 55.5 Å². The van der Waals surface area contributed by atoms with E-state index in [2.05, 4.69) is 0 Å². The summed E-state index contributed by atoms with van der Waals surface area (Å²) in [5.74, 6) is -1.50. The molecule has 0 spiro atoms. The van der Waals surface area contributed by atoms with Gasteiger partial charge in [-0.25, -0.2) is 13.2 Å². The molecule has 1 N–H and O–H groups in total. The van der Waals surface area contributed by atoms with E-state index >= 15 is 0 Å². The third kappa shape index (κ3) is 4.19. The Kier molecular flexibility index (Phi) is 5.90. The first-order valence-corrected chi connectivity index (χ1v) is 10.8. The number of carbonyl (C=O) groups is 2. The SMILES string of the molecule is CN(CC1CCCCC1)C(=O)C1CCCN1S(=O)(=O)c1ccc(C(=O)O)o1. The van der Waals surface area contributed by atoms with Crippen molar-refractivity contribution in [3.8, 4) is 0 Å². The summed E-state index contributed by atoms with van der Waals surface area (Å²) >= 11 is 0. The van der Waals surface area contributed by atoms with Gasteiger partial charge in [0.05, 0.1) is 0 Å². The molecule has 150 valence electrons. The Labute approximate surface area is 159 Å². The summed E-state index contributed by atoms with van der Waals surface area (Å²) in [5, 5.41) is 8.50. The molecule has 2 heterocycles. The minimum absolute atomic E-state index is 0.202. The van der Waals surface area contributed by atoms with Crippen molar-refractivity contribution in [3.05, 3.63) is 17.9 Å². The number of sulfonamides is 1. The Balaban J connectivity index is 1.73. The van der Waals surface area contributed by atoms with Crippen LogP contribution in [0.15, 0.2) is 21.6 Å². The van der Waals surface area contributed by atoms with Gasteiger partial charge in [0.2, 0.25) is 16.8 Å². The maximum absolute atomic E-state index is 12.9. The molecule has 1 aliphatic heterocycles. The lowest BCUT2D eigenvalue weighted by atomic mass is 9.89. The van der Waals surface area contributed by atoms with Gasteiger partial charge in [-0.1, -0.05) is 19.3 Å². The van der Waals surface area contributed by atoms with Crippen molar-refractivity contribution in [1.29, 1.82) is 0 Å². The molecule has 27 heavy (non-hydrogen) atoms. The summed E-state index contributed by atoms with van der Waals surface area (Å²) in [6.07, 6.45) is 6.86. The Hall–Kier alpha value is -1.87. The molecule has 0 bridgehead atoms. The Bertz CT molecular complexity index is 797. The predicted octanol–water partition coefficient (Wildman–Crippen LogP) is 2.17. The molecule has 0 radical (unpaired) electrons. The summed E-state index contributed by atoms with van der Waals surface area (Å²) < 4.78 is 31.9. The fraction of sp³-hybridized carbons (Fsp3) is 0.667. The van der Waals surface area contributed by atoms with Crippen molar-refractivity contribution < 1.29 is 27.5 Å². The molecule has 2 aliphatic rings. The zero-order valence-electron chi connectivity index (χ0n) is 15.5.